The van der Waals surface area contributed by atoms with Crippen LogP contribution >= 0.6 is 0 Å². The van der Waals surface area contributed by atoms with E-state index in [9.17, 15) is 10.1 Å². The van der Waals surface area contributed by atoms with Crippen LogP contribution in [0.5, 0.6) is 0 Å². The average molecular weight is 417 g/mol. The van der Waals surface area contributed by atoms with Gasteiger partial charge in [0.05, 0.1) is 5.56 Å². The SMILES string of the molecule is CC1CC(OC(=O)c2ccccc2C(OO)C2CC(C)CC(C)(C)C2)CC(C)(C)C1. The van der Waals surface area contributed by atoms with Gasteiger partial charge in [0, 0.05) is 0 Å². The Kier molecular flexibility index (Phi) is 6.98. The smallest absolute Gasteiger partial charge is 0.338 e. The van der Waals surface area contributed by atoms with Gasteiger partial charge in [0.2, 0.25) is 0 Å². The highest BCUT2D eigenvalue weighted by atomic mass is 17.1. The molecule has 4 nitrogen and oxygen atoms in total. The summed E-state index contributed by atoms with van der Waals surface area (Å²) in [7, 11) is 0. The molecule has 2 saturated carbocycles. The highest BCUT2D eigenvalue weighted by Crippen LogP contribution is 2.47. The standard InChI is InChI=1S/C26H40O4/c1-17-11-19(15-25(3,4)13-17)23(30-28)21-9-7-8-10-22(21)24(27)29-20-12-18(2)14-26(5,6)16-20/h7-10,17-20,23,28H,11-16H2,1-6H3. The molecule has 1 aromatic carbocycles. The number of carbonyl (C=O) groups is 1. The van der Waals surface area contributed by atoms with Crippen molar-refractivity contribution >= 4 is 5.97 Å². The zero-order chi connectivity index (χ0) is 22.1. The van der Waals surface area contributed by atoms with Gasteiger partial charge in [-0.25, -0.2) is 9.68 Å². The van der Waals surface area contributed by atoms with Crippen molar-refractivity contribution < 1.29 is 19.7 Å². The Hall–Kier alpha value is -1.39. The van der Waals surface area contributed by atoms with Crippen molar-refractivity contribution in [3.05, 3.63) is 35.4 Å². The lowest BCUT2D eigenvalue weighted by molar-refractivity contribution is -0.298. The number of carbonyl (C=O) groups excluding carboxylic acids is 1. The van der Waals surface area contributed by atoms with E-state index >= 15 is 0 Å². The first-order chi connectivity index (χ1) is 14.0. The van der Waals surface area contributed by atoms with E-state index in [0.717, 1.165) is 37.7 Å². The third-order valence-corrected chi connectivity index (χ3v) is 7.07. The van der Waals surface area contributed by atoms with Gasteiger partial charge in [-0.1, -0.05) is 59.7 Å². The van der Waals surface area contributed by atoms with Crippen molar-refractivity contribution in [2.45, 2.75) is 92.3 Å². The molecule has 2 aliphatic carbocycles. The van der Waals surface area contributed by atoms with Crippen LogP contribution in [0, 0.1) is 28.6 Å². The Morgan fingerprint density at radius 3 is 2.17 bits per heavy atom. The van der Waals surface area contributed by atoms with Gasteiger partial charge in [0.1, 0.15) is 12.2 Å². The number of esters is 1. The van der Waals surface area contributed by atoms with Crippen LogP contribution in [0.2, 0.25) is 0 Å². The molecule has 5 atom stereocenters. The van der Waals surface area contributed by atoms with E-state index in [0.29, 0.717) is 17.4 Å². The highest BCUT2D eigenvalue weighted by Gasteiger charge is 2.39. The molecule has 0 saturated heterocycles. The molecule has 5 unspecified atom stereocenters. The molecule has 1 N–H and O–H groups in total. The third-order valence-electron chi connectivity index (χ3n) is 7.07. The summed E-state index contributed by atoms with van der Waals surface area (Å²) < 4.78 is 5.99. The average Bonchev–Trinajstić information content (AvgIpc) is 2.59. The van der Waals surface area contributed by atoms with Gasteiger partial charge >= 0.3 is 5.97 Å². The molecule has 0 radical (unpaired) electrons. The minimum atomic E-state index is -0.516. The van der Waals surface area contributed by atoms with E-state index in [2.05, 4.69) is 41.5 Å². The molecule has 1 aromatic rings. The monoisotopic (exact) mass is 416 g/mol. The lowest BCUT2D eigenvalue weighted by Crippen LogP contribution is -2.34. The Morgan fingerprint density at radius 1 is 0.967 bits per heavy atom. The van der Waals surface area contributed by atoms with Crippen molar-refractivity contribution in [2.75, 3.05) is 0 Å². The molecular weight excluding hydrogens is 376 g/mol. The Bertz CT molecular complexity index is 738. The Labute approximate surface area is 182 Å². The largest absolute Gasteiger partial charge is 0.459 e. The van der Waals surface area contributed by atoms with Gasteiger partial charge in [-0.15, -0.1) is 0 Å². The molecule has 3 rings (SSSR count). The first-order valence-corrected chi connectivity index (χ1v) is 11.6. The van der Waals surface area contributed by atoms with Crippen LogP contribution in [0.15, 0.2) is 24.3 Å². The van der Waals surface area contributed by atoms with Crippen LogP contribution in [-0.4, -0.2) is 17.3 Å². The summed E-state index contributed by atoms with van der Waals surface area (Å²) >= 11 is 0. The number of rotatable bonds is 5. The minimum Gasteiger partial charge on any atom is -0.459 e. The normalized spacial score (nSPS) is 31.7. The quantitative estimate of drug-likeness (QED) is 0.317. The molecule has 168 valence electrons. The second-order valence-electron chi connectivity index (χ2n) is 11.7. The van der Waals surface area contributed by atoms with E-state index in [4.69, 9.17) is 9.62 Å². The van der Waals surface area contributed by atoms with E-state index in [-0.39, 0.29) is 28.8 Å². The van der Waals surface area contributed by atoms with Gasteiger partial charge < -0.3 is 4.74 Å². The fourth-order valence-electron chi connectivity index (χ4n) is 6.54. The summed E-state index contributed by atoms with van der Waals surface area (Å²) in [6.45, 7) is 13.5. The van der Waals surface area contributed by atoms with Gasteiger partial charge in [-0.05, 0) is 78.7 Å². The molecule has 4 heteroatoms. The van der Waals surface area contributed by atoms with Crippen molar-refractivity contribution in [1.29, 1.82) is 0 Å². The number of hydrogen-bond donors (Lipinski definition) is 1. The van der Waals surface area contributed by atoms with Gasteiger partial charge in [0.25, 0.3) is 0 Å². The van der Waals surface area contributed by atoms with Gasteiger partial charge in [-0.3, -0.25) is 5.26 Å². The number of benzene rings is 1. The molecule has 2 aliphatic rings. The maximum atomic E-state index is 13.2. The lowest BCUT2D eigenvalue weighted by Gasteiger charge is -2.41. The summed E-state index contributed by atoms with van der Waals surface area (Å²) in [4.78, 5) is 18.2. The van der Waals surface area contributed by atoms with E-state index < -0.39 is 6.10 Å². The number of hydrogen-bond acceptors (Lipinski definition) is 4. The number of ether oxygens (including phenoxy) is 1. The van der Waals surface area contributed by atoms with Crippen molar-refractivity contribution in [3.8, 4) is 0 Å². The summed E-state index contributed by atoms with van der Waals surface area (Å²) in [6, 6.07) is 7.46. The molecule has 30 heavy (non-hydrogen) atoms. The second kappa shape index (κ2) is 9.00. The molecule has 0 amide bonds. The third kappa shape index (κ3) is 5.64. The van der Waals surface area contributed by atoms with Crippen molar-refractivity contribution in [2.24, 2.45) is 28.6 Å². The van der Waals surface area contributed by atoms with Crippen LogP contribution in [0.4, 0.5) is 0 Å². The van der Waals surface area contributed by atoms with Gasteiger partial charge in [0.15, 0.2) is 0 Å². The zero-order valence-corrected chi connectivity index (χ0v) is 19.6. The predicted octanol–water partition coefficient (Wildman–Crippen LogP) is 7.05. The Morgan fingerprint density at radius 2 is 1.57 bits per heavy atom. The summed E-state index contributed by atoms with van der Waals surface area (Å²) in [5.41, 5.74) is 1.63. The minimum absolute atomic E-state index is 0.0635. The highest BCUT2D eigenvalue weighted by molar-refractivity contribution is 5.91. The fourth-order valence-corrected chi connectivity index (χ4v) is 6.54. The fraction of sp³-hybridized carbons (Fsp3) is 0.731. The molecule has 0 heterocycles. The predicted molar refractivity (Wildman–Crippen MR) is 119 cm³/mol. The molecule has 0 bridgehead atoms. The van der Waals surface area contributed by atoms with E-state index in [1.54, 1.807) is 6.07 Å². The first kappa shape index (κ1) is 23.3. The van der Waals surface area contributed by atoms with Crippen LogP contribution in [0.25, 0.3) is 0 Å². The van der Waals surface area contributed by atoms with Crippen LogP contribution in [-0.2, 0) is 9.62 Å². The maximum Gasteiger partial charge on any atom is 0.338 e. The summed E-state index contributed by atoms with van der Waals surface area (Å²) in [6.07, 6.45) is 5.48. The van der Waals surface area contributed by atoms with Crippen molar-refractivity contribution in [1.82, 2.24) is 0 Å². The van der Waals surface area contributed by atoms with Gasteiger partial charge in [-0.2, -0.15) is 0 Å². The topological polar surface area (TPSA) is 55.8 Å². The molecular formula is C26H40O4. The van der Waals surface area contributed by atoms with Crippen molar-refractivity contribution in [3.63, 3.8) is 0 Å². The van der Waals surface area contributed by atoms with E-state index in [1.165, 1.54) is 6.42 Å². The van der Waals surface area contributed by atoms with Crippen LogP contribution in [0.3, 0.4) is 0 Å². The molecule has 0 aliphatic heterocycles. The lowest BCUT2D eigenvalue weighted by atomic mass is 9.66. The Balaban J connectivity index is 1.81. The second-order valence-corrected chi connectivity index (χ2v) is 11.7. The summed E-state index contributed by atoms with van der Waals surface area (Å²) in [5, 5.41) is 9.87. The molecule has 0 spiro atoms. The first-order valence-electron chi connectivity index (χ1n) is 11.6. The molecule has 0 aromatic heterocycles. The van der Waals surface area contributed by atoms with Crippen LogP contribution < -0.4 is 0 Å². The summed E-state index contributed by atoms with van der Waals surface area (Å²) in [5.74, 6) is 0.963. The molecule has 2 fully saturated rings. The van der Waals surface area contributed by atoms with E-state index in [1.807, 2.05) is 18.2 Å². The zero-order valence-electron chi connectivity index (χ0n) is 19.6. The maximum absolute atomic E-state index is 13.2. The van der Waals surface area contributed by atoms with Crippen LogP contribution in [0.1, 0.15) is 102 Å².